The fraction of sp³-hybridized carbons (Fsp3) is 0.562. The van der Waals surface area contributed by atoms with E-state index in [-0.39, 0.29) is 5.92 Å². The molecule has 0 fully saturated rings. The van der Waals surface area contributed by atoms with Gasteiger partial charge in [-0.2, -0.15) is 0 Å². The Morgan fingerprint density at radius 1 is 1.30 bits per heavy atom. The first-order valence-electron chi connectivity index (χ1n) is 7.18. The van der Waals surface area contributed by atoms with E-state index >= 15 is 0 Å². The van der Waals surface area contributed by atoms with Crippen LogP contribution in [0.4, 0.5) is 0 Å². The molecule has 2 aromatic rings. The number of rotatable bonds is 6. The van der Waals surface area contributed by atoms with Crippen molar-refractivity contribution in [3.63, 3.8) is 0 Å². The van der Waals surface area contributed by atoms with Crippen LogP contribution < -0.4 is 5.32 Å². The molecule has 110 valence electrons. The molecule has 1 heterocycles. The second-order valence-electron chi connectivity index (χ2n) is 6.07. The van der Waals surface area contributed by atoms with Gasteiger partial charge in [-0.3, -0.25) is 0 Å². The summed E-state index contributed by atoms with van der Waals surface area (Å²) in [6.07, 6.45) is 0.896. The SMILES string of the molecule is CC(Cc1nc2ccccc2s1)NCC(C)(O)C(C)C. The predicted molar refractivity (Wildman–Crippen MR) is 86.3 cm³/mol. The molecular formula is C16H24N2OS. The Hall–Kier alpha value is -0.970. The van der Waals surface area contributed by atoms with Crippen molar-refractivity contribution < 1.29 is 5.11 Å². The summed E-state index contributed by atoms with van der Waals surface area (Å²) in [5.74, 6) is 0.240. The summed E-state index contributed by atoms with van der Waals surface area (Å²) < 4.78 is 1.24. The molecule has 0 radical (unpaired) electrons. The average Bonchev–Trinajstić information content (AvgIpc) is 2.78. The first-order valence-corrected chi connectivity index (χ1v) is 8.00. The molecule has 2 rings (SSSR count). The molecular weight excluding hydrogens is 268 g/mol. The molecule has 1 aromatic heterocycles. The first kappa shape index (κ1) is 15.4. The number of hydrogen-bond acceptors (Lipinski definition) is 4. The molecule has 2 N–H and O–H groups in total. The zero-order valence-corrected chi connectivity index (χ0v) is 13.5. The fourth-order valence-corrected chi connectivity index (χ4v) is 3.02. The van der Waals surface area contributed by atoms with Gasteiger partial charge in [0.15, 0.2) is 0 Å². The summed E-state index contributed by atoms with van der Waals surface area (Å²) in [5.41, 5.74) is 0.413. The minimum Gasteiger partial charge on any atom is -0.389 e. The van der Waals surface area contributed by atoms with Gasteiger partial charge in [-0.05, 0) is 31.9 Å². The van der Waals surface area contributed by atoms with Crippen molar-refractivity contribution in [2.24, 2.45) is 5.92 Å². The number of benzene rings is 1. The van der Waals surface area contributed by atoms with Gasteiger partial charge < -0.3 is 10.4 Å². The van der Waals surface area contributed by atoms with Crippen LogP contribution in [0.15, 0.2) is 24.3 Å². The number of nitrogens with one attached hydrogen (secondary N) is 1. The van der Waals surface area contributed by atoms with E-state index in [9.17, 15) is 5.11 Å². The largest absolute Gasteiger partial charge is 0.389 e. The maximum atomic E-state index is 10.2. The van der Waals surface area contributed by atoms with Crippen LogP contribution in [0.25, 0.3) is 10.2 Å². The van der Waals surface area contributed by atoms with Crippen LogP contribution in [0.5, 0.6) is 0 Å². The highest BCUT2D eigenvalue weighted by Gasteiger charge is 2.25. The molecule has 1 aromatic carbocycles. The summed E-state index contributed by atoms with van der Waals surface area (Å²) >= 11 is 1.75. The lowest BCUT2D eigenvalue weighted by Crippen LogP contribution is -2.45. The summed E-state index contributed by atoms with van der Waals surface area (Å²) in [4.78, 5) is 4.65. The van der Waals surface area contributed by atoms with Gasteiger partial charge in [-0.15, -0.1) is 11.3 Å². The topological polar surface area (TPSA) is 45.2 Å². The molecule has 0 spiro atoms. The van der Waals surface area contributed by atoms with E-state index in [0.717, 1.165) is 16.9 Å². The van der Waals surface area contributed by atoms with Gasteiger partial charge in [-0.1, -0.05) is 26.0 Å². The van der Waals surface area contributed by atoms with Crippen LogP contribution in [0.2, 0.25) is 0 Å². The number of thiazole rings is 1. The molecule has 0 aliphatic carbocycles. The van der Waals surface area contributed by atoms with Crippen LogP contribution in [-0.4, -0.2) is 28.3 Å². The van der Waals surface area contributed by atoms with E-state index in [1.54, 1.807) is 11.3 Å². The highest BCUT2D eigenvalue weighted by molar-refractivity contribution is 7.18. The molecule has 2 unspecified atom stereocenters. The van der Waals surface area contributed by atoms with Gasteiger partial charge in [0, 0.05) is 19.0 Å². The Labute approximate surface area is 125 Å². The minimum absolute atomic E-state index is 0.240. The minimum atomic E-state index is -0.665. The average molecular weight is 292 g/mol. The predicted octanol–water partition coefficient (Wildman–Crippen LogP) is 3.22. The van der Waals surface area contributed by atoms with E-state index in [2.05, 4.69) is 29.4 Å². The maximum Gasteiger partial charge on any atom is 0.0954 e. The van der Waals surface area contributed by atoms with E-state index < -0.39 is 5.60 Å². The molecule has 0 aliphatic rings. The molecule has 3 nitrogen and oxygen atoms in total. The monoisotopic (exact) mass is 292 g/mol. The van der Waals surface area contributed by atoms with Crippen LogP contribution in [0, 0.1) is 5.92 Å². The third kappa shape index (κ3) is 3.78. The Bertz CT molecular complexity index is 529. The highest BCUT2D eigenvalue weighted by atomic mass is 32.1. The van der Waals surface area contributed by atoms with Crippen LogP contribution >= 0.6 is 11.3 Å². The Morgan fingerprint density at radius 2 is 2.00 bits per heavy atom. The second kappa shape index (κ2) is 6.20. The zero-order valence-electron chi connectivity index (χ0n) is 12.7. The zero-order chi connectivity index (χ0) is 14.8. The third-order valence-electron chi connectivity index (χ3n) is 3.87. The Kier molecular flexibility index (Phi) is 4.78. The van der Waals surface area contributed by atoms with Crippen LogP contribution in [0.3, 0.4) is 0 Å². The molecule has 2 atom stereocenters. The fourth-order valence-electron chi connectivity index (χ4n) is 1.93. The Balaban J connectivity index is 1.93. The van der Waals surface area contributed by atoms with Crippen molar-refractivity contribution in [3.05, 3.63) is 29.3 Å². The lowest BCUT2D eigenvalue weighted by Gasteiger charge is -2.29. The van der Waals surface area contributed by atoms with Crippen LogP contribution in [-0.2, 0) is 6.42 Å². The van der Waals surface area contributed by atoms with Crippen molar-refractivity contribution in [2.75, 3.05) is 6.54 Å². The third-order valence-corrected chi connectivity index (χ3v) is 4.93. The van der Waals surface area contributed by atoms with Gasteiger partial charge >= 0.3 is 0 Å². The molecule has 0 saturated heterocycles. The summed E-state index contributed by atoms with van der Waals surface area (Å²) in [7, 11) is 0. The van der Waals surface area contributed by atoms with E-state index in [0.29, 0.717) is 12.6 Å². The molecule has 0 aliphatic heterocycles. The summed E-state index contributed by atoms with van der Waals surface area (Å²) in [6.45, 7) is 8.72. The highest BCUT2D eigenvalue weighted by Crippen LogP contribution is 2.22. The lowest BCUT2D eigenvalue weighted by atomic mass is 9.92. The van der Waals surface area contributed by atoms with E-state index in [1.165, 1.54) is 4.70 Å². The van der Waals surface area contributed by atoms with Crippen LogP contribution in [0.1, 0.15) is 32.7 Å². The number of hydrogen-bond donors (Lipinski definition) is 2. The standard InChI is InChI=1S/C16H24N2OS/c1-11(2)16(4,19)10-17-12(3)9-15-18-13-7-5-6-8-14(13)20-15/h5-8,11-12,17,19H,9-10H2,1-4H3. The number of nitrogens with zero attached hydrogens (tertiary/aromatic N) is 1. The molecule has 4 heteroatoms. The quantitative estimate of drug-likeness (QED) is 0.859. The van der Waals surface area contributed by atoms with Crippen molar-refractivity contribution in [1.82, 2.24) is 10.3 Å². The molecule has 0 saturated carbocycles. The summed E-state index contributed by atoms with van der Waals surface area (Å²) in [6, 6.07) is 8.54. The second-order valence-corrected chi connectivity index (χ2v) is 7.19. The van der Waals surface area contributed by atoms with Crippen molar-refractivity contribution in [1.29, 1.82) is 0 Å². The first-order chi connectivity index (χ1) is 9.38. The van der Waals surface area contributed by atoms with Crippen molar-refractivity contribution >= 4 is 21.6 Å². The normalized spacial score (nSPS) is 16.5. The number of aromatic nitrogens is 1. The van der Waals surface area contributed by atoms with Gasteiger partial charge in [-0.25, -0.2) is 4.98 Å². The lowest BCUT2D eigenvalue weighted by molar-refractivity contribution is 0.0122. The smallest absolute Gasteiger partial charge is 0.0954 e. The van der Waals surface area contributed by atoms with Crippen molar-refractivity contribution in [2.45, 2.75) is 45.8 Å². The maximum absolute atomic E-state index is 10.2. The molecule has 0 bridgehead atoms. The van der Waals surface area contributed by atoms with Gasteiger partial charge in [0.1, 0.15) is 0 Å². The van der Waals surface area contributed by atoms with E-state index in [1.807, 2.05) is 32.9 Å². The van der Waals surface area contributed by atoms with E-state index in [4.69, 9.17) is 0 Å². The van der Waals surface area contributed by atoms with Gasteiger partial charge in [0.25, 0.3) is 0 Å². The Morgan fingerprint density at radius 3 is 2.65 bits per heavy atom. The summed E-state index contributed by atoms with van der Waals surface area (Å²) in [5, 5.41) is 14.8. The molecule has 0 amide bonds. The van der Waals surface area contributed by atoms with Gasteiger partial charge in [0.2, 0.25) is 0 Å². The number of fused-ring (bicyclic) bond motifs is 1. The van der Waals surface area contributed by atoms with Crippen molar-refractivity contribution in [3.8, 4) is 0 Å². The number of para-hydroxylation sites is 1. The number of aliphatic hydroxyl groups is 1. The van der Waals surface area contributed by atoms with Gasteiger partial charge in [0.05, 0.1) is 20.8 Å². The molecule has 20 heavy (non-hydrogen) atoms.